The highest BCUT2D eigenvalue weighted by Crippen LogP contribution is 2.23. The minimum atomic E-state index is -0.284. The molecule has 1 aromatic carbocycles. The molecule has 130 valence electrons. The number of halogens is 1. The first-order valence-corrected chi connectivity index (χ1v) is 8.76. The Hall–Kier alpha value is -2.34. The molecule has 0 bridgehead atoms. The van der Waals surface area contributed by atoms with Crippen molar-refractivity contribution in [2.45, 2.75) is 31.7 Å². The summed E-state index contributed by atoms with van der Waals surface area (Å²) in [7, 11) is 0. The normalized spacial score (nSPS) is 19.7. The molecule has 1 aromatic heterocycles. The van der Waals surface area contributed by atoms with Gasteiger partial charge >= 0.3 is 0 Å². The summed E-state index contributed by atoms with van der Waals surface area (Å²) in [4.78, 5) is 23.6. The third-order valence-electron chi connectivity index (χ3n) is 5.00. The van der Waals surface area contributed by atoms with Crippen LogP contribution in [0.1, 0.15) is 35.0 Å². The molecule has 5 nitrogen and oxygen atoms in total. The summed E-state index contributed by atoms with van der Waals surface area (Å²) in [5, 5.41) is 3.34. The largest absolute Gasteiger partial charge is 0.338 e. The zero-order chi connectivity index (χ0) is 17.2. The third-order valence-corrected chi connectivity index (χ3v) is 5.00. The highest BCUT2D eigenvalue weighted by molar-refractivity contribution is 5.79. The van der Waals surface area contributed by atoms with E-state index < -0.39 is 0 Å². The zero-order valence-electron chi connectivity index (χ0n) is 14.0. The molecule has 0 radical (unpaired) electrons. The molecule has 1 atom stereocenters. The second-order valence-corrected chi connectivity index (χ2v) is 6.76. The average Bonchev–Trinajstić information content (AvgIpc) is 3.17. The summed E-state index contributed by atoms with van der Waals surface area (Å²) in [5.74, 6) is 1.10. The highest BCUT2D eigenvalue weighted by atomic mass is 19.1. The molecular weight excluding hydrogens is 319 g/mol. The van der Waals surface area contributed by atoms with Gasteiger partial charge in [-0.15, -0.1) is 0 Å². The van der Waals surface area contributed by atoms with E-state index in [0.29, 0.717) is 25.4 Å². The van der Waals surface area contributed by atoms with E-state index in [4.69, 9.17) is 4.98 Å². The summed E-state index contributed by atoms with van der Waals surface area (Å²) < 4.78 is 13.0. The Morgan fingerprint density at radius 1 is 1.32 bits per heavy atom. The Bertz CT molecular complexity index is 771. The fourth-order valence-electron chi connectivity index (χ4n) is 3.50. The number of fused-ring (bicyclic) bond motifs is 1. The van der Waals surface area contributed by atoms with Crippen LogP contribution in [0.3, 0.4) is 0 Å². The van der Waals surface area contributed by atoms with Crippen molar-refractivity contribution in [3.8, 4) is 0 Å². The molecule has 2 aliphatic heterocycles. The maximum atomic E-state index is 13.0. The Kier molecular flexibility index (Phi) is 4.44. The first-order chi connectivity index (χ1) is 12.2. The molecule has 1 amide bonds. The van der Waals surface area contributed by atoms with Crippen LogP contribution >= 0.6 is 0 Å². The van der Waals surface area contributed by atoms with Crippen molar-refractivity contribution in [3.63, 3.8) is 0 Å². The number of rotatable bonds is 3. The lowest BCUT2D eigenvalue weighted by molar-refractivity contribution is -0.131. The number of aromatic nitrogens is 2. The second kappa shape index (κ2) is 6.88. The first kappa shape index (κ1) is 16.1. The number of carbonyl (C=O) groups excluding carboxylic acids is 1. The van der Waals surface area contributed by atoms with Crippen LogP contribution < -0.4 is 5.32 Å². The van der Waals surface area contributed by atoms with Crippen molar-refractivity contribution in [1.82, 2.24) is 20.2 Å². The number of nitrogens with one attached hydrogen (secondary N) is 1. The molecule has 1 saturated heterocycles. The lowest BCUT2D eigenvalue weighted by Crippen LogP contribution is -2.37. The molecule has 3 heterocycles. The van der Waals surface area contributed by atoms with E-state index in [1.165, 1.54) is 12.1 Å². The van der Waals surface area contributed by atoms with Crippen LogP contribution in [0, 0.1) is 5.82 Å². The molecule has 1 fully saturated rings. The average molecular weight is 340 g/mol. The van der Waals surface area contributed by atoms with E-state index in [1.807, 2.05) is 11.1 Å². The van der Waals surface area contributed by atoms with E-state index in [9.17, 15) is 9.18 Å². The standard InChI is InChI=1S/C19H21FN4O/c20-16-3-1-13(2-4-16)9-18(25)24-8-6-17-15(12-24)11-22-19(23-17)14-5-7-21-10-14/h1-4,11,14,21H,5-10,12H2/t14-/m1/s1. The minimum absolute atomic E-state index is 0.0568. The molecule has 1 N–H and O–H groups in total. The maximum absolute atomic E-state index is 13.0. The van der Waals surface area contributed by atoms with E-state index in [1.54, 1.807) is 12.1 Å². The van der Waals surface area contributed by atoms with Crippen LogP contribution in [0.25, 0.3) is 0 Å². The number of carbonyl (C=O) groups is 1. The Morgan fingerprint density at radius 2 is 2.16 bits per heavy atom. The van der Waals surface area contributed by atoms with Crippen LogP contribution in [0.4, 0.5) is 4.39 Å². The van der Waals surface area contributed by atoms with Crippen LogP contribution in [-0.2, 0) is 24.2 Å². The van der Waals surface area contributed by atoms with Gasteiger partial charge in [0, 0.05) is 43.7 Å². The lowest BCUT2D eigenvalue weighted by atomic mass is 10.0. The van der Waals surface area contributed by atoms with Gasteiger partial charge < -0.3 is 10.2 Å². The molecule has 0 aliphatic carbocycles. The van der Waals surface area contributed by atoms with Crippen molar-refractivity contribution >= 4 is 5.91 Å². The van der Waals surface area contributed by atoms with Crippen LogP contribution in [0.5, 0.6) is 0 Å². The molecule has 2 aliphatic rings. The molecule has 25 heavy (non-hydrogen) atoms. The fraction of sp³-hybridized carbons (Fsp3) is 0.421. The van der Waals surface area contributed by atoms with Crippen molar-refractivity contribution in [2.75, 3.05) is 19.6 Å². The topological polar surface area (TPSA) is 58.1 Å². The number of nitrogens with zero attached hydrogens (tertiary/aromatic N) is 3. The number of hydrogen-bond donors (Lipinski definition) is 1. The van der Waals surface area contributed by atoms with E-state index in [0.717, 1.165) is 48.6 Å². The number of benzene rings is 1. The molecule has 2 aromatic rings. The summed E-state index contributed by atoms with van der Waals surface area (Å²) in [6.45, 7) is 3.20. The Balaban J connectivity index is 1.43. The predicted octanol–water partition coefficient (Wildman–Crippen LogP) is 1.82. The predicted molar refractivity (Wildman–Crippen MR) is 91.5 cm³/mol. The summed E-state index contributed by atoms with van der Waals surface area (Å²) >= 11 is 0. The highest BCUT2D eigenvalue weighted by Gasteiger charge is 2.25. The molecular formula is C19H21FN4O. The molecule has 0 spiro atoms. The Morgan fingerprint density at radius 3 is 2.92 bits per heavy atom. The van der Waals surface area contributed by atoms with Gasteiger partial charge in [0.05, 0.1) is 12.1 Å². The first-order valence-electron chi connectivity index (χ1n) is 8.76. The van der Waals surface area contributed by atoms with Crippen LogP contribution in [-0.4, -0.2) is 40.4 Å². The Labute approximate surface area is 146 Å². The van der Waals surface area contributed by atoms with E-state index >= 15 is 0 Å². The van der Waals surface area contributed by atoms with Gasteiger partial charge in [-0.1, -0.05) is 12.1 Å². The second-order valence-electron chi connectivity index (χ2n) is 6.76. The summed E-state index contributed by atoms with van der Waals surface area (Å²) in [6, 6.07) is 6.11. The van der Waals surface area contributed by atoms with Gasteiger partial charge in [-0.2, -0.15) is 0 Å². The summed E-state index contributed by atoms with van der Waals surface area (Å²) in [5.41, 5.74) is 2.94. The smallest absolute Gasteiger partial charge is 0.227 e. The van der Waals surface area contributed by atoms with Crippen molar-refractivity contribution in [1.29, 1.82) is 0 Å². The molecule has 0 unspecified atom stereocenters. The van der Waals surface area contributed by atoms with E-state index in [-0.39, 0.29) is 11.7 Å². The van der Waals surface area contributed by atoms with Crippen molar-refractivity contribution in [3.05, 3.63) is 58.9 Å². The quantitative estimate of drug-likeness (QED) is 0.926. The third kappa shape index (κ3) is 3.54. The van der Waals surface area contributed by atoms with Gasteiger partial charge in [0.2, 0.25) is 5.91 Å². The van der Waals surface area contributed by atoms with Gasteiger partial charge in [-0.05, 0) is 30.7 Å². The van der Waals surface area contributed by atoms with Gasteiger partial charge in [-0.3, -0.25) is 4.79 Å². The molecule has 6 heteroatoms. The summed E-state index contributed by atoms with van der Waals surface area (Å²) in [6.07, 6.45) is 4.02. The molecule has 0 saturated carbocycles. The minimum Gasteiger partial charge on any atom is -0.338 e. The monoisotopic (exact) mass is 340 g/mol. The van der Waals surface area contributed by atoms with Crippen LogP contribution in [0.15, 0.2) is 30.5 Å². The maximum Gasteiger partial charge on any atom is 0.227 e. The van der Waals surface area contributed by atoms with Gasteiger partial charge in [-0.25, -0.2) is 14.4 Å². The van der Waals surface area contributed by atoms with Crippen molar-refractivity contribution < 1.29 is 9.18 Å². The van der Waals surface area contributed by atoms with Gasteiger partial charge in [0.1, 0.15) is 11.6 Å². The van der Waals surface area contributed by atoms with Gasteiger partial charge in [0.25, 0.3) is 0 Å². The lowest BCUT2D eigenvalue weighted by Gasteiger charge is -2.28. The van der Waals surface area contributed by atoms with Crippen LogP contribution in [0.2, 0.25) is 0 Å². The number of hydrogen-bond acceptors (Lipinski definition) is 4. The van der Waals surface area contributed by atoms with Crippen molar-refractivity contribution in [2.24, 2.45) is 0 Å². The fourth-order valence-corrected chi connectivity index (χ4v) is 3.50. The van der Waals surface area contributed by atoms with E-state index in [2.05, 4.69) is 10.3 Å². The number of amides is 1. The van der Waals surface area contributed by atoms with Gasteiger partial charge in [0.15, 0.2) is 0 Å². The SMILES string of the molecule is O=C(Cc1ccc(F)cc1)N1CCc2nc([C@@H]3CCNC3)ncc2C1. The zero-order valence-corrected chi connectivity index (χ0v) is 14.0. The molecule has 4 rings (SSSR count).